The Balaban J connectivity index is 1.59. The van der Waals surface area contributed by atoms with Gasteiger partial charge in [-0.3, -0.25) is 4.79 Å². The molecule has 0 spiro atoms. The topological polar surface area (TPSA) is 74.7 Å². The van der Waals surface area contributed by atoms with Crippen LogP contribution >= 0.6 is 0 Å². The highest BCUT2D eigenvalue weighted by molar-refractivity contribution is 7.89. The third-order valence-electron chi connectivity index (χ3n) is 6.01. The monoisotopic (exact) mass is 499 g/mol. The van der Waals surface area contributed by atoms with Crippen molar-refractivity contribution < 1.29 is 18.3 Å². The molecule has 5 nitrogen and oxygen atoms in total. The second-order valence-electron chi connectivity index (χ2n) is 8.72. The van der Waals surface area contributed by atoms with E-state index in [4.69, 9.17) is 5.11 Å². The first-order valence-corrected chi connectivity index (χ1v) is 13.3. The fourth-order valence-corrected chi connectivity index (χ4v) is 5.57. The Morgan fingerprint density at radius 1 is 0.667 bits per heavy atom. The first-order valence-electron chi connectivity index (χ1n) is 11.9. The van der Waals surface area contributed by atoms with E-state index in [0.29, 0.717) is 12.8 Å². The lowest BCUT2D eigenvalue weighted by Crippen LogP contribution is -2.30. The van der Waals surface area contributed by atoms with E-state index in [1.807, 2.05) is 78.9 Å². The first kappa shape index (κ1) is 25.4. The number of carbonyl (C=O) groups is 1. The van der Waals surface area contributed by atoms with Gasteiger partial charge in [-0.25, -0.2) is 8.42 Å². The lowest BCUT2D eigenvalue weighted by molar-refractivity contribution is -0.137. The van der Waals surface area contributed by atoms with Gasteiger partial charge in [-0.05, 0) is 52.8 Å². The van der Waals surface area contributed by atoms with Crippen molar-refractivity contribution in [3.05, 3.63) is 126 Å². The van der Waals surface area contributed by atoms with Gasteiger partial charge in [0.05, 0.1) is 4.90 Å². The quantitative estimate of drug-likeness (QED) is 0.268. The minimum absolute atomic E-state index is 0.109. The molecular formula is C30H29NO4S. The molecule has 4 aromatic carbocycles. The van der Waals surface area contributed by atoms with Crippen molar-refractivity contribution in [2.24, 2.45) is 0 Å². The summed E-state index contributed by atoms with van der Waals surface area (Å²) < 4.78 is 28.7. The van der Waals surface area contributed by atoms with Gasteiger partial charge in [0.25, 0.3) is 0 Å². The van der Waals surface area contributed by atoms with Gasteiger partial charge in [0.15, 0.2) is 0 Å². The van der Waals surface area contributed by atoms with Crippen LogP contribution in [0.4, 0.5) is 0 Å². The number of aliphatic carboxylic acids is 1. The van der Waals surface area contributed by atoms with Gasteiger partial charge in [-0.1, -0.05) is 97.1 Å². The number of benzene rings is 4. The molecule has 4 rings (SSSR count). The van der Waals surface area contributed by atoms with E-state index < -0.39 is 16.0 Å². The van der Waals surface area contributed by atoms with Gasteiger partial charge in [-0.2, -0.15) is 4.31 Å². The molecule has 0 atom stereocenters. The highest BCUT2D eigenvalue weighted by atomic mass is 32.2. The zero-order chi connectivity index (χ0) is 25.4. The normalized spacial score (nSPS) is 11.5. The summed E-state index contributed by atoms with van der Waals surface area (Å²) in [5, 5.41) is 8.91. The number of rotatable bonds is 11. The summed E-state index contributed by atoms with van der Waals surface area (Å²) in [6.07, 6.45) is 1.28. The molecule has 0 radical (unpaired) electrons. The Morgan fingerprint density at radius 3 is 1.92 bits per heavy atom. The van der Waals surface area contributed by atoms with Crippen molar-refractivity contribution in [3.8, 4) is 11.1 Å². The molecule has 6 heteroatoms. The Labute approximate surface area is 212 Å². The van der Waals surface area contributed by atoms with Crippen LogP contribution in [0.3, 0.4) is 0 Å². The van der Waals surface area contributed by atoms with Crippen LogP contribution in [-0.2, 0) is 34.3 Å². The van der Waals surface area contributed by atoms with E-state index in [0.717, 1.165) is 27.8 Å². The SMILES string of the molecule is O=C(O)CCCc1cccc(CN(Cc2ccc(-c3ccccc3)cc2)S(=O)(=O)c2ccccc2)c1. The summed E-state index contributed by atoms with van der Waals surface area (Å²) in [5.41, 5.74) is 4.94. The van der Waals surface area contributed by atoms with E-state index in [1.165, 1.54) is 4.31 Å². The molecule has 0 unspecified atom stereocenters. The number of aryl methyl sites for hydroxylation is 1. The fourth-order valence-electron chi connectivity index (χ4n) is 4.14. The fraction of sp³-hybridized carbons (Fsp3) is 0.167. The molecule has 36 heavy (non-hydrogen) atoms. The predicted octanol–water partition coefficient (Wildman–Crippen LogP) is 6.15. The average molecular weight is 500 g/mol. The molecule has 0 bridgehead atoms. The molecule has 0 saturated heterocycles. The van der Waals surface area contributed by atoms with Crippen molar-refractivity contribution in [3.63, 3.8) is 0 Å². The van der Waals surface area contributed by atoms with Crippen LogP contribution in [0.2, 0.25) is 0 Å². The molecule has 0 amide bonds. The molecular weight excluding hydrogens is 470 g/mol. The molecule has 0 fully saturated rings. The van der Waals surface area contributed by atoms with E-state index in [1.54, 1.807) is 30.3 Å². The first-order chi connectivity index (χ1) is 17.4. The Kier molecular flexibility index (Phi) is 8.31. The van der Waals surface area contributed by atoms with Crippen molar-refractivity contribution in [1.82, 2.24) is 4.31 Å². The largest absolute Gasteiger partial charge is 0.481 e. The zero-order valence-electron chi connectivity index (χ0n) is 20.0. The second kappa shape index (κ2) is 11.8. The lowest BCUT2D eigenvalue weighted by Gasteiger charge is -2.23. The molecule has 4 aromatic rings. The minimum atomic E-state index is -3.75. The Bertz CT molecular complexity index is 1390. The maximum atomic E-state index is 13.6. The van der Waals surface area contributed by atoms with Crippen LogP contribution in [0.15, 0.2) is 114 Å². The van der Waals surface area contributed by atoms with Crippen LogP contribution in [0.1, 0.15) is 29.5 Å². The third kappa shape index (κ3) is 6.68. The Hall–Kier alpha value is -3.74. The lowest BCUT2D eigenvalue weighted by atomic mass is 10.0. The van der Waals surface area contributed by atoms with Crippen LogP contribution in [0, 0.1) is 0 Å². The number of sulfonamides is 1. The minimum Gasteiger partial charge on any atom is -0.481 e. The van der Waals surface area contributed by atoms with Crippen LogP contribution < -0.4 is 0 Å². The van der Waals surface area contributed by atoms with Crippen LogP contribution in [0.5, 0.6) is 0 Å². The van der Waals surface area contributed by atoms with Crippen molar-refractivity contribution in [2.75, 3.05) is 0 Å². The maximum Gasteiger partial charge on any atom is 0.303 e. The highest BCUT2D eigenvalue weighted by Gasteiger charge is 2.25. The molecule has 0 aromatic heterocycles. The highest BCUT2D eigenvalue weighted by Crippen LogP contribution is 2.24. The standard InChI is InChI=1S/C30H29NO4S/c32-30(33)16-8-10-24-9-7-11-26(21-24)23-31(36(34,35)29-14-5-2-6-15-29)22-25-17-19-28(20-18-25)27-12-3-1-4-13-27/h1-7,9,11-15,17-21H,8,10,16,22-23H2,(H,32,33). The molecule has 1 N–H and O–H groups in total. The molecule has 0 aliphatic heterocycles. The van der Waals surface area contributed by atoms with E-state index >= 15 is 0 Å². The van der Waals surface area contributed by atoms with Crippen molar-refractivity contribution in [2.45, 2.75) is 37.2 Å². The Morgan fingerprint density at radius 2 is 1.25 bits per heavy atom. The summed E-state index contributed by atoms with van der Waals surface area (Å²) in [7, 11) is -3.75. The van der Waals surface area contributed by atoms with Crippen molar-refractivity contribution in [1.29, 1.82) is 0 Å². The summed E-state index contributed by atoms with van der Waals surface area (Å²) in [4.78, 5) is 11.1. The van der Waals surface area contributed by atoms with Gasteiger partial charge in [0.2, 0.25) is 10.0 Å². The van der Waals surface area contributed by atoms with Gasteiger partial charge in [0, 0.05) is 19.5 Å². The van der Waals surface area contributed by atoms with Crippen LogP contribution in [0.25, 0.3) is 11.1 Å². The second-order valence-corrected chi connectivity index (χ2v) is 10.7. The van der Waals surface area contributed by atoms with E-state index in [9.17, 15) is 13.2 Å². The average Bonchev–Trinajstić information content (AvgIpc) is 2.90. The predicted molar refractivity (Wildman–Crippen MR) is 142 cm³/mol. The van der Waals surface area contributed by atoms with Gasteiger partial charge in [-0.15, -0.1) is 0 Å². The van der Waals surface area contributed by atoms with Gasteiger partial charge >= 0.3 is 5.97 Å². The number of hydrogen-bond acceptors (Lipinski definition) is 3. The van der Waals surface area contributed by atoms with Gasteiger partial charge < -0.3 is 5.11 Å². The molecule has 184 valence electrons. The zero-order valence-corrected chi connectivity index (χ0v) is 20.8. The van der Waals surface area contributed by atoms with Crippen molar-refractivity contribution >= 4 is 16.0 Å². The molecule has 0 heterocycles. The van der Waals surface area contributed by atoms with Gasteiger partial charge in [0.1, 0.15) is 0 Å². The molecule has 0 aliphatic rings. The molecule has 0 saturated carbocycles. The van der Waals surface area contributed by atoms with Crippen LogP contribution in [-0.4, -0.2) is 23.8 Å². The maximum absolute atomic E-state index is 13.6. The molecule has 0 aliphatic carbocycles. The summed E-state index contributed by atoms with van der Waals surface area (Å²) >= 11 is 0. The number of nitrogens with zero attached hydrogens (tertiary/aromatic N) is 1. The number of carboxylic acids is 1. The van der Waals surface area contributed by atoms with E-state index in [-0.39, 0.29) is 24.4 Å². The third-order valence-corrected chi connectivity index (χ3v) is 7.81. The number of carboxylic acid groups (broad SMARTS) is 1. The summed E-state index contributed by atoms with van der Waals surface area (Å²) in [6.45, 7) is 0.444. The summed E-state index contributed by atoms with van der Waals surface area (Å²) in [6, 6.07) is 34.2. The summed E-state index contributed by atoms with van der Waals surface area (Å²) in [5.74, 6) is -0.815. The van der Waals surface area contributed by atoms with E-state index in [2.05, 4.69) is 0 Å². The smallest absolute Gasteiger partial charge is 0.303 e. The number of hydrogen-bond donors (Lipinski definition) is 1.